The van der Waals surface area contributed by atoms with Gasteiger partial charge in [-0.2, -0.15) is 0 Å². The van der Waals surface area contributed by atoms with Gasteiger partial charge in [0.05, 0.1) is 12.3 Å². The zero-order valence-corrected chi connectivity index (χ0v) is 21.1. The molecule has 35 heavy (non-hydrogen) atoms. The van der Waals surface area contributed by atoms with Crippen molar-refractivity contribution < 1.29 is 9.53 Å². The van der Waals surface area contributed by atoms with Crippen molar-refractivity contribution in [2.24, 2.45) is 0 Å². The minimum Gasteiger partial charge on any atom is -0.492 e. The Morgan fingerprint density at radius 2 is 1.74 bits per heavy atom. The molecule has 1 N–H and O–H groups in total. The fourth-order valence-electron chi connectivity index (χ4n) is 4.58. The van der Waals surface area contributed by atoms with Crippen molar-refractivity contribution in [1.29, 1.82) is 0 Å². The molecule has 3 aromatic rings. The number of urea groups is 1. The lowest BCUT2D eigenvalue weighted by Crippen LogP contribution is -2.38. The number of nitrogens with one attached hydrogen (secondary N) is 1. The molecule has 1 aliphatic heterocycles. The summed E-state index contributed by atoms with van der Waals surface area (Å²) in [5, 5.41) is 3.03. The van der Waals surface area contributed by atoms with E-state index in [1.54, 1.807) is 0 Å². The summed E-state index contributed by atoms with van der Waals surface area (Å²) < 4.78 is 5.66. The van der Waals surface area contributed by atoms with E-state index in [4.69, 9.17) is 14.7 Å². The van der Waals surface area contributed by atoms with Crippen LogP contribution in [0.1, 0.15) is 44.4 Å². The Balaban J connectivity index is 1.54. The van der Waals surface area contributed by atoms with Gasteiger partial charge < -0.3 is 19.9 Å². The molecular formula is C28H35N5O2. The van der Waals surface area contributed by atoms with Gasteiger partial charge in [-0.3, -0.25) is 0 Å². The molecule has 0 radical (unpaired) electrons. The highest BCUT2D eigenvalue weighted by atomic mass is 16.5. The molecule has 0 bridgehead atoms. The summed E-state index contributed by atoms with van der Waals surface area (Å²) in [6.07, 6.45) is 0.863. The van der Waals surface area contributed by atoms with Gasteiger partial charge in [0.2, 0.25) is 0 Å². The highest BCUT2D eigenvalue weighted by Gasteiger charge is 2.25. The maximum Gasteiger partial charge on any atom is 0.322 e. The van der Waals surface area contributed by atoms with Crippen LogP contribution < -0.4 is 15.0 Å². The van der Waals surface area contributed by atoms with Crippen LogP contribution in [0, 0.1) is 6.92 Å². The SMILES string of the molecule is CCOc1ccccc1NC(=O)N1CCCN(c2nc(-c3ccccc3)nc(C)c2C(C)C)CC1. The molecule has 1 aromatic heterocycles. The van der Waals surface area contributed by atoms with Crippen LogP contribution in [0.25, 0.3) is 11.4 Å². The quantitative estimate of drug-likeness (QED) is 0.496. The third-order valence-corrected chi connectivity index (χ3v) is 6.24. The normalized spacial score (nSPS) is 14.1. The second-order valence-electron chi connectivity index (χ2n) is 9.08. The van der Waals surface area contributed by atoms with Crippen molar-refractivity contribution in [2.75, 3.05) is 43.0 Å². The van der Waals surface area contributed by atoms with E-state index < -0.39 is 0 Å². The van der Waals surface area contributed by atoms with Crippen LogP contribution in [0.2, 0.25) is 0 Å². The van der Waals surface area contributed by atoms with E-state index in [2.05, 4.69) is 31.0 Å². The molecular weight excluding hydrogens is 438 g/mol. The van der Waals surface area contributed by atoms with Gasteiger partial charge in [0.25, 0.3) is 0 Å². The molecule has 0 saturated carbocycles. The molecule has 4 rings (SSSR count). The van der Waals surface area contributed by atoms with Crippen molar-refractivity contribution in [2.45, 2.75) is 40.0 Å². The van der Waals surface area contributed by atoms with E-state index in [-0.39, 0.29) is 6.03 Å². The molecule has 0 atom stereocenters. The Morgan fingerprint density at radius 1 is 1.00 bits per heavy atom. The Morgan fingerprint density at radius 3 is 2.49 bits per heavy atom. The smallest absolute Gasteiger partial charge is 0.322 e. The van der Waals surface area contributed by atoms with Crippen LogP contribution in [0.3, 0.4) is 0 Å². The van der Waals surface area contributed by atoms with Gasteiger partial charge in [-0.05, 0) is 38.3 Å². The van der Waals surface area contributed by atoms with Crippen molar-refractivity contribution in [3.8, 4) is 17.1 Å². The number of carbonyl (C=O) groups is 1. The molecule has 1 saturated heterocycles. The molecule has 1 aliphatic rings. The standard InChI is InChI=1S/C28H35N5O2/c1-5-35-24-15-10-9-14-23(24)30-28(34)33-17-11-16-32(18-19-33)27-25(20(2)3)21(4)29-26(31-27)22-12-7-6-8-13-22/h6-10,12-15,20H,5,11,16-19H2,1-4H3,(H,30,34). The third kappa shape index (κ3) is 5.73. The fraction of sp³-hybridized carbons (Fsp3) is 0.393. The lowest BCUT2D eigenvalue weighted by molar-refractivity contribution is 0.215. The summed E-state index contributed by atoms with van der Waals surface area (Å²) >= 11 is 0. The van der Waals surface area contributed by atoms with Crippen LogP contribution in [0.5, 0.6) is 5.75 Å². The Labute approximate surface area is 208 Å². The average molecular weight is 474 g/mol. The fourth-order valence-corrected chi connectivity index (χ4v) is 4.58. The highest BCUT2D eigenvalue weighted by Crippen LogP contribution is 2.31. The van der Waals surface area contributed by atoms with Crippen molar-refractivity contribution in [3.05, 3.63) is 65.9 Å². The summed E-state index contributed by atoms with van der Waals surface area (Å²) in [6, 6.07) is 17.6. The summed E-state index contributed by atoms with van der Waals surface area (Å²) in [7, 11) is 0. The second kappa shape index (κ2) is 11.2. The first-order valence-electron chi connectivity index (χ1n) is 12.4. The molecule has 2 aromatic carbocycles. The highest BCUT2D eigenvalue weighted by molar-refractivity contribution is 5.91. The number of rotatable bonds is 6. The predicted octanol–water partition coefficient (Wildman–Crippen LogP) is 5.72. The van der Waals surface area contributed by atoms with Gasteiger partial charge >= 0.3 is 6.03 Å². The zero-order valence-electron chi connectivity index (χ0n) is 21.1. The lowest BCUT2D eigenvalue weighted by Gasteiger charge is -2.27. The summed E-state index contributed by atoms with van der Waals surface area (Å²) in [6.45, 7) is 11.8. The van der Waals surface area contributed by atoms with Gasteiger partial charge in [0, 0.05) is 43.0 Å². The number of benzene rings is 2. The zero-order chi connectivity index (χ0) is 24.8. The third-order valence-electron chi connectivity index (χ3n) is 6.24. The van der Waals surface area contributed by atoms with E-state index in [0.717, 1.165) is 35.9 Å². The second-order valence-corrected chi connectivity index (χ2v) is 9.08. The molecule has 7 heteroatoms. The molecule has 0 unspecified atom stereocenters. The maximum absolute atomic E-state index is 13.1. The maximum atomic E-state index is 13.1. The number of para-hydroxylation sites is 2. The van der Waals surface area contributed by atoms with Crippen LogP contribution in [-0.2, 0) is 0 Å². The first kappa shape index (κ1) is 24.5. The predicted molar refractivity (Wildman–Crippen MR) is 141 cm³/mol. The summed E-state index contributed by atoms with van der Waals surface area (Å²) in [5.74, 6) is 2.71. The van der Waals surface area contributed by atoms with Gasteiger partial charge in [0.15, 0.2) is 5.82 Å². The Hall–Kier alpha value is -3.61. The van der Waals surface area contributed by atoms with Gasteiger partial charge in [-0.15, -0.1) is 0 Å². The number of ether oxygens (including phenoxy) is 1. The van der Waals surface area contributed by atoms with Crippen molar-refractivity contribution in [1.82, 2.24) is 14.9 Å². The number of carbonyl (C=O) groups excluding carboxylic acids is 1. The summed E-state index contributed by atoms with van der Waals surface area (Å²) in [5.41, 5.74) is 3.89. The first-order valence-corrected chi connectivity index (χ1v) is 12.4. The molecule has 1 fully saturated rings. The monoisotopic (exact) mass is 473 g/mol. The molecule has 7 nitrogen and oxygen atoms in total. The number of aromatic nitrogens is 2. The molecule has 0 spiro atoms. The Kier molecular flexibility index (Phi) is 7.85. The van der Waals surface area contributed by atoms with E-state index in [0.29, 0.717) is 43.6 Å². The molecule has 2 amide bonds. The number of anilines is 2. The number of hydrogen-bond donors (Lipinski definition) is 1. The van der Waals surface area contributed by atoms with Crippen LogP contribution in [-0.4, -0.2) is 53.7 Å². The van der Waals surface area contributed by atoms with E-state index in [1.807, 2.05) is 66.4 Å². The van der Waals surface area contributed by atoms with E-state index in [9.17, 15) is 4.79 Å². The average Bonchev–Trinajstić information content (AvgIpc) is 3.12. The first-order chi connectivity index (χ1) is 17.0. The number of nitrogens with zero attached hydrogens (tertiary/aromatic N) is 4. The van der Waals surface area contributed by atoms with Crippen LogP contribution in [0.4, 0.5) is 16.3 Å². The minimum absolute atomic E-state index is 0.105. The number of aryl methyl sites for hydroxylation is 1. The van der Waals surface area contributed by atoms with Gasteiger partial charge in [0.1, 0.15) is 11.6 Å². The number of hydrogen-bond acceptors (Lipinski definition) is 5. The number of amides is 2. The van der Waals surface area contributed by atoms with Gasteiger partial charge in [-0.1, -0.05) is 56.3 Å². The topological polar surface area (TPSA) is 70.6 Å². The van der Waals surface area contributed by atoms with E-state index in [1.165, 1.54) is 5.56 Å². The summed E-state index contributed by atoms with van der Waals surface area (Å²) in [4.78, 5) is 27.2. The lowest BCUT2D eigenvalue weighted by atomic mass is 10.0. The van der Waals surface area contributed by atoms with Crippen molar-refractivity contribution >= 4 is 17.5 Å². The molecule has 184 valence electrons. The molecule has 0 aliphatic carbocycles. The van der Waals surface area contributed by atoms with Crippen molar-refractivity contribution in [3.63, 3.8) is 0 Å². The minimum atomic E-state index is -0.105. The molecule has 2 heterocycles. The largest absolute Gasteiger partial charge is 0.492 e. The Bertz CT molecular complexity index is 1150. The van der Waals surface area contributed by atoms with E-state index >= 15 is 0 Å². The van der Waals surface area contributed by atoms with Crippen LogP contribution >= 0.6 is 0 Å². The van der Waals surface area contributed by atoms with Crippen LogP contribution in [0.15, 0.2) is 54.6 Å². The van der Waals surface area contributed by atoms with Gasteiger partial charge in [-0.25, -0.2) is 14.8 Å².